The van der Waals surface area contributed by atoms with Gasteiger partial charge < -0.3 is 9.53 Å². The SMILES string of the molecule is CCCC(C)C1(C=O)CCCOC1. The maximum atomic E-state index is 11.1. The first-order valence-corrected chi connectivity index (χ1v) is 5.29. The summed E-state index contributed by atoms with van der Waals surface area (Å²) in [7, 11) is 0. The van der Waals surface area contributed by atoms with Crippen LogP contribution in [0.2, 0.25) is 0 Å². The number of carbonyl (C=O) groups excluding carboxylic acids is 1. The Balaban J connectivity index is 2.60. The zero-order valence-corrected chi connectivity index (χ0v) is 8.71. The molecule has 0 N–H and O–H groups in total. The van der Waals surface area contributed by atoms with Gasteiger partial charge in [-0.15, -0.1) is 0 Å². The van der Waals surface area contributed by atoms with E-state index in [1.807, 2.05) is 0 Å². The monoisotopic (exact) mass is 184 g/mol. The van der Waals surface area contributed by atoms with Crippen molar-refractivity contribution in [2.45, 2.75) is 39.5 Å². The smallest absolute Gasteiger partial charge is 0.128 e. The van der Waals surface area contributed by atoms with Gasteiger partial charge in [-0.05, 0) is 25.2 Å². The van der Waals surface area contributed by atoms with E-state index in [1.54, 1.807) is 0 Å². The lowest BCUT2D eigenvalue weighted by atomic mass is 9.72. The third-order valence-corrected chi connectivity index (χ3v) is 3.24. The standard InChI is InChI=1S/C11H20O2/c1-3-5-10(2)11(8-12)6-4-7-13-9-11/h8,10H,3-7,9H2,1-2H3. The summed E-state index contributed by atoms with van der Waals surface area (Å²) in [4.78, 5) is 11.1. The normalized spacial score (nSPS) is 31.2. The Hall–Kier alpha value is -0.370. The molecule has 13 heavy (non-hydrogen) atoms. The summed E-state index contributed by atoms with van der Waals surface area (Å²) in [6, 6.07) is 0. The first-order valence-electron chi connectivity index (χ1n) is 5.29. The number of aldehydes is 1. The molecule has 1 aliphatic heterocycles. The minimum Gasteiger partial charge on any atom is -0.380 e. The molecule has 0 spiro atoms. The third kappa shape index (κ3) is 2.31. The van der Waals surface area contributed by atoms with Crippen LogP contribution in [0.15, 0.2) is 0 Å². The summed E-state index contributed by atoms with van der Waals surface area (Å²) in [6.07, 6.45) is 5.45. The van der Waals surface area contributed by atoms with E-state index in [4.69, 9.17) is 4.74 Å². The van der Waals surface area contributed by atoms with Gasteiger partial charge in [0.2, 0.25) is 0 Å². The van der Waals surface area contributed by atoms with Crippen LogP contribution in [0.1, 0.15) is 39.5 Å². The molecule has 2 heteroatoms. The van der Waals surface area contributed by atoms with Gasteiger partial charge in [0, 0.05) is 6.61 Å². The number of rotatable bonds is 4. The molecule has 0 aliphatic carbocycles. The number of ether oxygens (including phenoxy) is 1. The third-order valence-electron chi connectivity index (χ3n) is 3.24. The van der Waals surface area contributed by atoms with Crippen LogP contribution in [0.3, 0.4) is 0 Å². The summed E-state index contributed by atoms with van der Waals surface area (Å²) >= 11 is 0. The highest BCUT2D eigenvalue weighted by atomic mass is 16.5. The fraction of sp³-hybridized carbons (Fsp3) is 0.909. The van der Waals surface area contributed by atoms with Gasteiger partial charge in [-0.3, -0.25) is 0 Å². The highest BCUT2D eigenvalue weighted by molar-refractivity contribution is 5.60. The first-order chi connectivity index (χ1) is 6.25. The highest BCUT2D eigenvalue weighted by Gasteiger charge is 2.37. The van der Waals surface area contributed by atoms with Gasteiger partial charge in [0.05, 0.1) is 12.0 Å². The molecule has 0 saturated carbocycles. The van der Waals surface area contributed by atoms with Crippen LogP contribution in [0.25, 0.3) is 0 Å². The summed E-state index contributed by atoms with van der Waals surface area (Å²) in [5.41, 5.74) is -0.172. The van der Waals surface area contributed by atoms with Gasteiger partial charge in [-0.1, -0.05) is 20.3 Å². The molecule has 1 saturated heterocycles. The van der Waals surface area contributed by atoms with Crippen LogP contribution in [-0.4, -0.2) is 19.5 Å². The minimum absolute atomic E-state index is 0.172. The molecular formula is C11H20O2. The summed E-state index contributed by atoms with van der Waals surface area (Å²) in [5.74, 6) is 0.468. The van der Waals surface area contributed by atoms with Crippen molar-refractivity contribution in [3.63, 3.8) is 0 Å². The van der Waals surface area contributed by atoms with Crippen molar-refractivity contribution in [1.29, 1.82) is 0 Å². The van der Waals surface area contributed by atoms with Gasteiger partial charge in [0.1, 0.15) is 6.29 Å². The van der Waals surface area contributed by atoms with Crippen LogP contribution in [0.4, 0.5) is 0 Å². The van der Waals surface area contributed by atoms with Crippen molar-refractivity contribution in [3.05, 3.63) is 0 Å². The van der Waals surface area contributed by atoms with E-state index >= 15 is 0 Å². The topological polar surface area (TPSA) is 26.3 Å². The molecule has 2 nitrogen and oxygen atoms in total. The Morgan fingerprint density at radius 1 is 1.62 bits per heavy atom. The van der Waals surface area contributed by atoms with Crippen LogP contribution in [-0.2, 0) is 9.53 Å². The van der Waals surface area contributed by atoms with Crippen molar-refractivity contribution in [1.82, 2.24) is 0 Å². The maximum absolute atomic E-state index is 11.1. The van der Waals surface area contributed by atoms with Gasteiger partial charge >= 0.3 is 0 Å². The molecular weight excluding hydrogens is 164 g/mol. The van der Waals surface area contributed by atoms with Gasteiger partial charge in [0.25, 0.3) is 0 Å². The molecule has 0 radical (unpaired) electrons. The van der Waals surface area contributed by atoms with Crippen LogP contribution < -0.4 is 0 Å². The molecule has 1 heterocycles. The lowest BCUT2D eigenvalue weighted by Gasteiger charge is -2.37. The summed E-state index contributed by atoms with van der Waals surface area (Å²) < 4.78 is 5.41. The molecule has 0 bridgehead atoms. The molecule has 0 aromatic heterocycles. The zero-order valence-electron chi connectivity index (χ0n) is 8.71. The van der Waals surface area contributed by atoms with E-state index in [0.717, 1.165) is 38.6 Å². The van der Waals surface area contributed by atoms with E-state index in [-0.39, 0.29) is 5.41 Å². The van der Waals surface area contributed by atoms with Crippen molar-refractivity contribution in [2.75, 3.05) is 13.2 Å². The van der Waals surface area contributed by atoms with Crippen molar-refractivity contribution < 1.29 is 9.53 Å². The second kappa shape index (κ2) is 4.75. The van der Waals surface area contributed by atoms with Crippen LogP contribution >= 0.6 is 0 Å². The first kappa shape index (κ1) is 10.7. The molecule has 76 valence electrons. The molecule has 0 aromatic carbocycles. The lowest BCUT2D eigenvalue weighted by molar-refractivity contribution is -0.128. The fourth-order valence-corrected chi connectivity index (χ4v) is 2.16. The zero-order chi connectivity index (χ0) is 9.73. The molecule has 1 aliphatic rings. The van der Waals surface area contributed by atoms with Crippen molar-refractivity contribution in [2.24, 2.45) is 11.3 Å². The van der Waals surface area contributed by atoms with Crippen molar-refractivity contribution in [3.8, 4) is 0 Å². The highest BCUT2D eigenvalue weighted by Crippen LogP contribution is 2.36. The minimum atomic E-state index is -0.172. The predicted molar refractivity (Wildman–Crippen MR) is 52.6 cm³/mol. The largest absolute Gasteiger partial charge is 0.380 e. The van der Waals surface area contributed by atoms with E-state index in [1.165, 1.54) is 0 Å². The maximum Gasteiger partial charge on any atom is 0.128 e. The Bertz CT molecular complexity index is 159. The Kier molecular flexibility index (Phi) is 3.91. The molecule has 2 atom stereocenters. The quantitative estimate of drug-likeness (QED) is 0.627. The van der Waals surface area contributed by atoms with E-state index in [0.29, 0.717) is 12.5 Å². The average Bonchev–Trinajstić information content (AvgIpc) is 2.19. The fourth-order valence-electron chi connectivity index (χ4n) is 2.16. The molecule has 0 aromatic rings. The van der Waals surface area contributed by atoms with Gasteiger partial charge in [0.15, 0.2) is 0 Å². The number of hydrogen-bond donors (Lipinski definition) is 0. The van der Waals surface area contributed by atoms with E-state index in [9.17, 15) is 4.79 Å². The second-order valence-electron chi connectivity index (χ2n) is 4.20. The van der Waals surface area contributed by atoms with Gasteiger partial charge in [-0.2, -0.15) is 0 Å². The molecule has 0 amide bonds. The van der Waals surface area contributed by atoms with Crippen LogP contribution in [0.5, 0.6) is 0 Å². The summed E-state index contributed by atoms with van der Waals surface area (Å²) in [5, 5.41) is 0. The van der Waals surface area contributed by atoms with Crippen LogP contribution in [0, 0.1) is 11.3 Å². The Labute approximate surface area is 80.7 Å². The Morgan fingerprint density at radius 2 is 2.38 bits per heavy atom. The second-order valence-corrected chi connectivity index (χ2v) is 4.20. The molecule has 2 unspecified atom stereocenters. The summed E-state index contributed by atoms with van der Waals surface area (Å²) in [6.45, 7) is 5.80. The molecule has 1 fully saturated rings. The average molecular weight is 184 g/mol. The van der Waals surface area contributed by atoms with E-state index < -0.39 is 0 Å². The number of carbonyl (C=O) groups is 1. The van der Waals surface area contributed by atoms with E-state index in [2.05, 4.69) is 13.8 Å². The Morgan fingerprint density at radius 3 is 2.85 bits per heavy atom. The molecule has 1 rings (SSSR count). The predicted octanol–water partition coefficient (Wildman–Crippen LogP) is 2.42. The lowest BCUT2D eigenvalue weighted by Crippen LogP contribution is -2.39. The van der Waals surface area contributed by atoms with Crippen molar-refractivity contribution >= 4 is 6.29 Å². The number of hydrogen-bond acceptors (Lipinski definition) is 2. The van der Waals surface area contributed by atoms with Gasteiger partial charge in [-0.25, -0.2) is 0 Å².